The van der Waals surface area contributed by atoms with E-state index in [2.05, 4.69) is 6.92 Å². The number of carbonyl (C=O) groups excluding carboxylic acids is 3. The fourth-order valence-electron chi connectivity index (χ4n) is 10.6. The van der Waals surface area contributed by atoms with Crippen molar-refractivity contribution in [3.05, 3.63) is 0 Å². The molecule has 37 heavy (non-hydrogen) atoms. The van der Waals surface area contributed by atoms with Crippen molar-refractivity contribution < 1.29 is 28.6 Å². The second-order valence-corrected chi connectivity index (χ2v) is 15.0. The van der Waals surface area contributed by atoms with Crippen LogP contribution in [0.1, 0.15) is 92.4 Å². The van der Waals surface area contributed by atoms with E-state index in [-0.39, 0.29) is 47.6 Å². The van der Waals surface area contributed by atoms with Gasteiger partial charge in [0.25, 0.3) is 0 Å². The Hall–Kier alpha value is -1.43. The lowest BCUT2D eigenvalue weighted by Gasteiger charge is -2.57. The SMILES string of the molecule is CC(OCCC12CC3CC(CC(C3)C1)C2)C1C(=O)OC(=O)C1C1C2CC(C(=O)OC(C)(C)C)C(C2)C1C. The molecule has 6 heteroatoms. The predicted molar refractivity (Wildman–Crippen MR) is 137 cm³/mol. The van der Waals surface area contributed by atoms with Gasteiger partial charge in [0.05, 0.1) is 23.9 Å². The topological polar surface area (TPSA) is 78.9 Å². The summed E-state index contributed by atoms with van der Waals surface area (Å²) in [6, 6.07) is 0. The molecular formula is C31H46O6. The standard InChI is InChI=1S/C31H46O6/c1-16-22-11-21(12-23(22)27(32)37-30(3,4)5)24(16)26-25(28(33)36-29(26)34)17(2)35-7-6-31-13-18-8-19(14-31)10-20(9-18)15-31/h16-26H,6-15H2,1-5H3. The Morgan fingerprint density at radius 2 is 1.62 bits per heavy atom. The molecule has 7 fully saturated rings. The average molecular weight is 515 g/mol. The molecule has 0 amide bonds. The Balaban J connectivity index is 1.09. The van der Waals surface area contributed by atoms with E-state index >= 15 is 0 Å². The van der Waals surface area contributed by atoms with Gasteiger partial charge in [-0.15, -0.1) is 0 Å². The molecular weight excluding hydrogens is 468 g/mol. The van der Waals surface area contributed by atoms with Gasteiger partial charge in [-0.2, -0.15) is 0 Å². The molecule has 0 N–H and O–H groups in total. The Kier molecular flexibility index (Phi) is 6.33. The van der Waals surface area contributed by atoms with E-state index in [1.54, 1.807) is 0 Å². The van der Waals surface area contributed by atoms with Crippen molar-refractivity contribution in [1.82, 2.24) is 0 Å². The minimum absolute atomic E-state index is 0.0573. The number of fused-ring (bicyclic) bond motifs is 2. The second-order valence-electron chi connectivity index (χ2n) is 15.0. The van der Waals surface area contributed by atoms with E-state index < -0.39 is 23.4 Å². The zero-order valence-electron chi connectivity index (χ0n) is 23.4. The maximum Gasteiger partial charge on any atom is 0.320 e. The number of rotatable bonds is 7. The first-order chi connectivity index (χ1) is 17.4. The third-order valence-corrected chi connectivity index (χ3v) is 11.4. The Morgan fingerprint density at radius 3 is 2.19 bits per heavy atom. The highest BCUT2D eigenvalue weighted by atomic mass is 16.6. The van der Waals surface area contributed by atoms with Crippen LogP contribution in [0, 0.1) is 64.6 Å². The zero-order chi connectivity index (χ0) is 26.3. The van der Waals surface area contributed by atoms with Crippen molar-refractivity contribution in [2.45, 2.75) is 104 Å². The minimum Gasteiger partial charge on any atom is -0.460 e. The summed E-state index contributed by atoms with van der Waals surface area (Å²) in [6.45, 7) is 10.5. The van der Waals surface area contributed by atoms with E-state index in [0.717, 1.165) is 37.0 Å². The monoisotopic (exact) mass is 514 g/mol. The summed E-state index contributed by atoms with van der Waals surface area (Å²) in [4.78, 5) is 38.8. The molecule has 6 aliphatic carbocycles. The summed E-state index contributed by atoms with van der Waals surface area (Å²) < 4.78 is 17.3. The lowest BCUT2D eigenvalue weighted by molar-refractivity contribution is -0.163. The van der Waals surface area contributed by atoms with E-state index in [1.807, 2.05) is 27.7 Å². The number of hydrogen-bond acceptors (Lipinski definition) is 6. The number of carbonyl (C=O) groups is 3. The van der Waals surface area contributed by atoms with Crippen LogP contribution in [0.2, 0.25) is 0 Å². The molecule has 0 aromatic heterocycles. The van der Waals surface area contributed by atoms with Crippen molar-refractivity contribution in [1.29, 1.82) is 0 Å². The maximum absolute atomic E-state index is 13.0. The van der Waals surface area contributed by atoms with Gasteiger partial charge in [-0.3, -0.25) is 14.4 Å². The summed E-state index contributed by atoms with van der Waals surface area (Å²) >= 11 is 0. The zero-order valence-corrected chi connectivity index (χ0v) is 23.4. The smallest absolute Gasteiger partial charge is 0.320 e. The normalized spacial score (nSPS) is 46.9. The van der Waals surface area contributed by atoms with Crippen LogP contribution in [0.25, 0.3) is 0 Å². The number of ether oxygens (including phenoxy) is 3. The predicted octanol–water partition coefficient (Wildman–Crippen LogP) is 5.56. The number of esters is 3. The molecule has 1 aliphatic heterocycles. The quantitative estimate of drug-likeness (QED) is 0.327. The molecule has 0 aromatic carbocycles. The molecule has 6 saturated carbocycles. The van der Waals surface area contributed by atoms with Crippen LogP contribution in [-0.4, -0.2) is 36.2 Å². The molecule has 7 aliphatic rings. The van der Waals surface area contributed by atoms with Gasteiger partial charge in [0, 0.05) is 6.61 Å². The molecule has 8 atom stereocenters. The molecule has 0 aromatic rings. The van der Waals surface area contributed by atoms with E-state index in [9.17, 15) is 14.4 Å². The van der Waals surface area contributed by atoms with E-state index in [1.165, 1.54) is 38.5 Å². The van der Waals surface area contributed by atoms with Gasteiger partial charge in [0.15, 0.2) is 0 Å². The van der Waals surface area contributed by atoms with Crippen LogP contribution in [0.4, 0.5) is 0 Å². The Morgan fingerprint density at radius 1 is 1.00 bits per heavy atom. The first kappa shape index (κ1) is 25.8. The molecule has 6 bridgehead atoms. The van der Waals surface area contributed by atoms with Crippen molar-refractivity contribution in [3.63, 3.8) is 0 Å². The molecule has 1 saturated heterocycles. The van der Waals surface area contributed by atoms with E-state index in [4.69, 9.17) is 14.2 Å². The third kappa shape index (κ3) is 4.57. The third-order valence-electron chi connectivity index (χ3n) is 11.4. The lowest BCUT2D eigenvalue weighted by atomic mass is 9.49. The lowest BCUT2D eigenvalue weighted by Crippen LogP contribution is -2.46. The maximum atomic E-state index is 13.0. The highest BCUT2D eigenvalue weighted by Gasteiger charge is 2.62. The summed E-state index contributed by atoms with van der Waals surface area (Å²) in [5.74, 6) is 1.36. The highest BCUT2D eigenvalue weighted by molar-refractivity contribution is 5.97. The van der Waals surface area contributed by atoms with Crippen LogP contribution in [-0.2, 0) is 28.6 Å². The van der Waals surface area contributed by atoms with Gasteiger partial charge >= 0.3 is 17.9 Å². The minimum atomic E-state index is -0.546. The highest BCUT2D eigenvalue weighted by Crippen LogP contribution is 2.62. The van der Waals surface area contributed by atoms with Gasteiger partial charge in [-0.25, -0.2) is 0 Å². The van der Waals surface area contributed by atoms with Crippen molar-refractivity contribution in [2.24, 2.45) is 64.6 Å². The van der Waals surface area contributed by atoms with Crippen LogP contribution >= 0.6 is 0 Å². The summed E-state index contributed by atoms with van der Waals surface area (Å²) in [6.07, 6.45) is 10.7. The molecule has 7 rings (SSSR count). The molecule has 0 spiro atoms. The largest absolute Gasteiger partial charge is 0.460 e. The van der Waals surface area contributed by atoms with Gasteiger partial charge in [-0.1, -0.05) is 6.92 Å². The Bertz CT molecular complexity index is 911. The fourth-order valence-corrected chi connectivity index (χ4v) is 10.6. The number of hydrogen-bond donors (Lipinski definition) is 0. The fraction of sp³-hybridized carbons (Fsp3) is 0.903. The molecule has 6 nitrogen and oxygen atoms in total. The van der Waals surface area contributed by atoms with Gasteiger partial charge < -0.3 is 14.2 Å². The number of cyclic esters (lactones) is 2. The molecule has 1 heterocycles. The second kappa shape index (κ2) is 9.06. The summed E-state index contributed by atoms with van der Waals surface area (Å²) in [5.41, 5.74) is -0.0626. The average Bonchev–Trinajstić information content (AvgIpc) is 3.42. The van der Waals surface area contributed by atoms with Crippen LogP contribution in [0.15, 0.2) is 0 Å². The first-order valence-electron chi connectivity index (χ1n) is 15.0. The molecule has 8 unspecified atom stereocenters. The summed E-state index contributed by atoms with van der Waals surface area (Å²) in [7, 11) is 0. The Labute approximate surface area is 221 Å². The van der Waals surface area contributed by atoms with Crippen molar-refractivity contribution in [2.75, 3.05) is 6.61 Å². The van der Waals surface area contributed by atoms with Crippen LogP contribution in [0.5, 0.6) is 0 Å². The van der Waals surface area contributed by atoms with Gasteiger partial charge in [0.1, 0.15) is 5.60 Å². The first-order valence-corrected chi connectivity index (χ1v) is 15.0. The summed E-state index contributed by atoms with van der Waals surface area (Å²) in [5, 5.41) is 0. The van der Waals surface area contributed by atoms with Crippen molar-refractivity contribution in [3.8, 4) is 0 Å². The van der Waals surface area contributed by atoms with Gasteiger partial charge in [-0.05, 0) is 132 Å². The molecule has 206 valence electrons. The molecule has 0 radical (unpaired) electrons. The van der Waals surface area contributed by atoms with Crippen LogP contribution < -0.4 is 0 Å². The van der Waals surface area contributed by atoms with Crippen LogP contribution in [0.3, 0.4) is 0 Å². The van der Waals surface area contributed by atoms with E-state index in [0.29, 0.717) is 12.0 Å². The van der Waals surface area contributed by atoms with Gasteiger partial charge in [0.2, 0.25) is 0 Å². The van der Waals surface area contributed by atoms with Crippen molar-refractivity contribution >= 4 is 17.9 Å².